The summed E-state index contributed by atoms with van der Waals surface area (Å²) in [5.74, 6) is 0.979. The van der Waals surface area contributed by atoms with Gasteiger partial charge < -0.3 is 20.7 Å². The molecule has 3 aliphatic rings. The molecular weight excluding hydrogens is 433 g/mol. The summed E-state index contributed by atoms with van der Waals surface area (Å²) >= 11 is 0. The average Bonchev–Trinajstić information content (AvgIpc) is 3.16. The number of piperidine rings is 1. The number of rotatable bonds is 4. The number of carbonyl (C=O) groups excluding carboxylic acids is 1. The van der Waals surface area contributed by atoms with E-state index in [2.05, 4.69) is 25.8 Å². The molecular formula is C17H32IN5O2. The Bertz CT molecular complexity index is 452. The van der Waals surface area contributed by atoms with E-state index in [0.717, 1.165) is 45.0 Å². The zero-order valence-electron chi connectivity index (χ0n) is 15.2. The highest BCUT2D eigenvalue weighted by atomic mass is 127. The zero-order chi connectivity index (χ0) is 16.8. The molecule has 1 amide bonds. The van der Waals surface area contributed by atoms with Crippen LogP contribution in [0.1, 0.15) is 38.5 Å². The van der Waals surface area contributed by atoms with E-state index in [0.29, 0.717) is 13.0 Å². The first-order chi connectivity index (χ1) is 11.7. The van der Waals surface area contributed by atoms with Gasteiger partial charge in [0, 0.05) is 51.4 Å². The number of halogens is 1. The number of amides is 1. The number of carbonyl (C=O) groups is 1. The molecule has 0 bridgehead atoms. The Hall–Kier alpha value is -0.610. The lowest BCUT2D eigenvalue weighted by atomic mass is 9.88. The molecule has 0 spiro atoms. The van der Waals surface area contributed by atoms with Crippen molar-refractivity contribution in [2.45, 2.75) is 50.1 Å². The smallest absolute Gasteiger partial charge is 0.220 e. The van der Waals surface area contributed by atoms with Crippen LogP contribution in [-0.4, -0.2) is 74.8 Å². The highest BCUT2D eigenvalue weighted by Crippen LogP contribution is 2.30. The molecule has 1 atom stereocenters. The Morgan fingerprint density at radius 3 is 2.68 bits per heavy atom. The van der Waals surface area contributed by atoms with E-state index in [9.17, 15) is 4.79 Å². The summed E-state index contributed by atoms with van der Waals surface area (Å²) in [6, 6.07) is 0.256. The molecule has 0 aliphatic carbocycles. The van der Waals surface area contributed by atoms with E-state index < -0.39 is 0 Å². The van der Waals surface area contributed by atoms with Crippen molar-refractivity contribution in [3.63, 3.8) is 0 Å². The maximum Gasteiger partial charge on any atom is 0.220 e. The largest absolute Gasteiger partial charge is 0.381 e. The first-order valence-corrected chi connectivity index (χ1v) is 9.28. The maximum absolute atomic E-state index is 11.3. The van der Waals surface area contributed by atoms with Gasteiger partial charge in [-0.3, -0.25) is 14.7 Å². The fourth-order valence-corrected chi connectivity index (χ4v) is 4.04. The van der Waals surface area contributed by atoms with Crippen LogP contribution < -0.4 is 16.0 Å². The molecule has 25 heavy (non-hydrogen) atoms. The van der Waals surface area contributed by atoms with Crippen molar-refractivity contribution in [3.8, 4) is 0 Å². The standard InChI is InChI=1S/C17H31N5O2.HI/c1-18-16(21-14-4-5-15(23)19-12-14)20-13-17(6-10-24-11-7-17)22-8-2-3-9-22;/h14H,2-13H2,1H3,(H,19,23)(H2,18,20,21);1H. The zero-order valence-corrected chi connectivity index (χ0v) is 17.5. The number of hydrogen-bond acceptors (Lipinski definition) is 4. The topological polar surface area (TPSA) is 78.0 Å². The molecule has 3 rings (SSSR count). The van der Waals surface area contributed by atoms with E-state index in [1.165, 1.54) is 25.9 Å². The second-order valence-electron chi connectivity index (χ2n) is 7.14. The summed E-state index contributed by atoms with van der Waals surface area (Å²) in [5, 5.41) is 9.90. The van der Waals surface area contributed by atoms with Crippen LogP contribution in [0.15, 0.2) is 4.99 Å². The first-order valence-electron chi connectivity index (χ1n) is 9.28. The van der Waals surface area contributed by atoms with Crippen LogP contribution in [0.3, 0.4) is 0 Å². The van der Waals surface area contributed by atoms with Gasteiger partial charge in [-0.25, -0.2) is 0 Å². The minimum Gasteiger partial charge on any atom is -0.381 e. The van der Waals surface area contributed by atoms with Crippen LogP contribution >= 0.6 is 24.0 Å². The van der Waals surface area contributed by atoms with Crippen molar-refractivity contribution in [1.29, 1.82) is 0 Å². The van der Waals surface area contributed by atoms with E-state index in [1.54, 1.807) is 0 Å². The highest BCUT2D eigenvalue weighted by molar-refractivity contribution is 14.0. The number of guanidine groups is 1. The fraction of sp³-hybridized carbons (Fsp3) is 0.882. The molecule has 0 aromatic heterocycles. The Labute approximate surface area is 167 Å². The van der Waals surface area contributed by atoms with Gasteiger partial charge in [0.25, 0.3) is 0 Å². The van der Waals surface area contributed by atoms with Gasteiger partial charge in [0.05, 0.1) is 0 Å². The van der Waals surface area contributed by atoms with Crippen molar-refractivity contribution in [2.24, 2.45) is 4.99 Å². The monoisotopic (exact) mass is 465 g/mol. The third-order valence-corrected chi connectivity index (χ3v) is 5.62. The summed E-state index contributed by atoms with van der Waals surface area (Å²) in [7, 11) is 1.81. The van der Waals surface area contributed by atoms with Crippen LogP contribution in [0.2, 0.25) is 0 Å². The molecule has 7 nitrogen and oxygen atoms in total. The minimum absolute atomic E-state index is 0. The fourth-order valence-electron chi connectivity index (χ4n) is 4.04. The molecule has 3 fully saturated rings. The average molecular weight is 465 g/mol. The van der Waals surface area contributed by atoms with Gasteiger partial charge in [0.1, 0.15) is 0 Å². The first kappa shape index (κ1) is 20.7. The normalized spacial score (nSPS) is 27.3. The number of nitrogens with zero attached hydrogens (tertiary/aromatic N) is 2. The quantitative estimate of drug-likeness (QED) is 0.324. The molecule has 0 aromatic rings. The van der Waals surface area contributed by atoms with Crippen LogP contribution in [0, 0.1) is 0 Å². The number of hydrogen-bond donors (Lipinski definition) is 3. The van der Waals surface area contributed by atoms with Crippen molar-refractivity contribution in [2.75, 3.05) is 46.4 Å². The predicted octanol–water partition coefficient (Wildman–Crippen LogP) is 0.693. The number of ether oxygens (including phenoxy) is 1. The molecule has 3 saturated heterocycles. The Balaban J connectivity index is 0.00000225. The van der Waals surface area contributed by atoms with E-state index in [-0.39, 0.29) is 41.5 Å². The van der Waals surface area contributed by atoms with Crippen LogP contribution in [-0.2, 0) is 9.53 Å². The van der Waals surface area contributed by atoms with Gasteiger partial charge in [0.2, 0.25) is 5.91 Å². The van der Waals surface area contributed by atoms with Gasteiger partial charge in [-0.1, -0.05) is 0 Å². The molecule has 3 aliphatic heterocycles. The van der Waals surface area contributed by atoms with Crippen molar-refractivity contribution < 1.29 is 9.53 Å². The van der Waals surface area contributed by atoms with Gasteiger partial charge in [-0.2, -0.15) is 0 Å². The van der Waals surface area contributed by atoms with Crippen LogP contribution in [0.25, 0.3) is 0 Å². The molecule has 3 heterocycles. The number of likely N-dealkylation sites (tertiary alicyclic amines) is 1. The minimum atomic E-state index is 0. The summed E-state index contributed by atoms with van der Waals surface area (Å²) < 4.78 is 5.61. The van der Waals surface area contributed by atoms with Crippen molar-refractivity contribution >= 4 is 35.8 Å². The lowest BCUT2D eigenvalue weighted by Crippen LogP contribution is -2.60. The highest BCUT2D eigenvalue weighted by Gasteiger charge is 2.39. The SMILES string of the molecule is CN=C(NCC1(N2CCCC2)CCOCC1)NC1CCC(=O)NC1.I. The third kappa shape index (κ3) is 5.43. The number of nitrogens with one attached hydrogen (secondary N) is 3. The lowest BCUT2D eigenvalue weighted by Gasteiger charge is -2.45. The van der Waals surface area contributed by atoms with E-state index in [1.807, 2.05) is 7.05 Å². The molecule has 3 N–H and O–H groups in total. The predicted molar refractivity (Wildman–Crippen MR) is 110 cm³/mol. The van der Waals surface area contributed by atoms with Gasteiger partial charge >= 0.3 is 0 Å². The summed E-state index contributed by atoms with van der Waals surface area (Å²) in [5.41, 5.74) is 0.188. The lowest BCUT2D eigenvalue weighted by molar-refractivity contribution is -0.122. The summed E-state index contributed by atoms with van der Waals surface area (Å²) in [6.45, 7) is 5.65. The van der Waals surface area contributed by atoms with Crippen LogP contribution in [0.5, 0.6) is 0 Å². The van der Waals surface area contributed by atoms with Gasteiger partial charge in [-0.05, 0) is 45.2 Å². The Morgan fingerprint density at radius 1 is 1.36 bits per heavy atom. The molecule has 8 heteroatoms. The molecule has 144 valence electrons. The van der Waals surface area contributed by atoms with Gasteiger partial charge in [0.15, 0.2) is 5.96 Å². The third-order valence-electron chi connectivity index (χ3n) is 5.62. The summed E-state index contributed by atoms with van der Waals surface area (Å²) in [6.07, 6.45) is 6.21. The van der Waals surface area contributed by atoms with Crippen molar-refractivity contribution in [3.05, 3.63) is 0 Å². The summed E-state index contributed by atoms with van der Waals surface area (Å²) in [4.78, 5) is 18.3. The second-order valence-corrected chi connectivity index (χ2v) is 7.14. The van der Waals surface area contributed by atoms with Crippen molar-refractivity contribution in [1.82, 2.24) is 20.9 Å². The van der Waals surface area contributed by atoms with E-state index in [4.69, 9.17) is 4.74 Å². The maximum atomic E-state index is 11.3. The van der Waals surface area contributed by atoms with E-state index >= 15 is 0 Å². The molecule has 0 saturated carbocycles. The molecule has 1 unspecified atom stereocenters. The molecule has 0 radical (unpaired) electrons. The molecule has 0 aromatic carbocycles. The second kappa shape index (κ2) is 9.91. The van der Waals surface area contributed by atoms with Crippen LogP contribution in [0.4, 0.5) is 0 Å². The Kier molecular flexibility index (Phi) is 8.21. The van der Waals surface area contributed by atoms with Gasteiger partial charge in [-0.15, -0.1) is 24.0 Å². The number of aliphatic imine (C=N–C) groups is 1. The Morgan fingerprint density at radius 2 is 2.08 bits per heavy atom.